The number of urea groups is 1. The molecule has 1 unspecified atom stereocenters. The van der Waals surface area contributed by atoms with Crippen molar-refractivity contribution < 1.29 is 29.0 Å². The highest BCUT2D eigenvalue weighted by atomic mass is 32.2. The molecule has 36 heavy (non-hydrogen) atoms. The van der Waals surface area contributed by atoms with Gasteiger partial charge in [-0.15, -0.1) is 5.10 Å². The Bertz CT molecular complexity index is 1100. The number of aromatic nitrogens is 3. The Labute approximate surface area is 212 Å². The topological polar surface area (TPSA) is 153 Å². The van der Waals surface area contributed by atoms with E-state index in [0.29, 0.717) is 41.5 Å². The SMILES string of the molecule is O=C(O)CCCc1cn(-c2ccc(C(=O)COC(=O)CCCCC3SC[C@@H]4NC(=O)N[C@H]34)cc2)nn1. The third-order valence-corrected chi connectivity index (χ3v) is 7.75. The smallest absolute Gasteiger partial charge is 0.315 e. The molecule has 3 heterocycles. The van der Waals surface area contributed by atoms with Gasteiger partial charge in [0.1, 0.15) is 0 Å². The van der Waals surface area contributed by atoms with Crippen LogP contribution in [-0.2, 0) is 20.7 Å². The van der Waals surface area contributed by atoms with Crippen molar-refractivity contribution in [2.24, 2.45) is 0 Å². The molecule has 0 saturated carbocycles. The number of hydrogen-bond donors (Lipinski definition) is 3. The minimum absolute atomic E-state index is 0.0769. The number of nitrogens with one attached hydrogen (secondary N) is 2. The number of carbonyl (C=O) groups excluding carboxylic acids is 3. The Morgan fingerprint density at radius 1 is 1.11 bits per heavy atom. The monoisotopic (exact) mass is 515 g/mol. The summed E-state index contributed by atoms with van der Waals surface area (Å²) in [7, 11) is 0. The van der Waals surface area contributed by atoms with Crippen LogP contribution in [0.4, 0.5) is 4.79 Å². The van der Waals surface area contributed by atoms with Crippen molar-refractivity contribution in [3.05, 3.63) is 41.7 Å². The largest absolute Gasteiger partial charge is 0.481 e. The molecule has 11 nitrogen and oxygen atoms in total. The van der Waals surface area contributed by atoms with Crippen molar-refractivity contribution in [3.63, 3.8) is 0 Å². The highest BCUT2D eigenvalue weighted by molar-refractivity contribution is 8.00. The molecule has 2 aliphatic rings. The molecule has 0 aliphatic carbocycles. The highest BCUT2D eigenvalue weighted by Crippen LogP contribution is 2.33. The molecular weight excluding hydrogens is 486 g/mol. The predicted octanol–water partition coefficient (Wildman–Crippen LogP) is 2.13. The lowest BCUT2D eigenvalue weighted by atomic mass is 10.0. The van der Waals surface area contributed by atoms with E-state index in [1.165, 1.54) is 0 Å². The predicted molar refractivity (Wildman–Crippen MR) is 131 cm³/mol. The number of carbonyl (C=O) groups is 4. The van der Waals surface area contributed by atoms with E-state index in [4.69, 9.17) is 9.84 Å². The zero-order valence-electron chi connectivity index (χ0n) is 19.7. The molecule has 1 aromatic heterocycles. The van der Waals surface area contributed by atoms with Crippen LogP contribution in [0.3, 0.4) is 0 Å². The fourth-order valence-corrected chi connectivity index (χ4v) is 5.86. The molecule has 192 valence electrons. The van der Waals surface area contributed by atoms with Crippen LogP contribution in [0, 0.1) is 0 Å². The Hall–Kier alpha value is -3.41. The van der Waals surface area contributed by atoms with Crippen LogP contribution in [0.1, 0.15) is 54.6 Å². The molecular formula is C24H29N5O6S. The Kier molecular flexibility index (Phi) is 8.57. The third-order valence-electron chi connectivity index (χ3n) is 6.24. The van der Waals surface area contributed by atoms with Crippen molar-refractivity contribution in [2.75, 3.05) is 12.4 Å². The first-order chi connectivity index (χ1) is 17.4. The van der Waals surface area contributed by atoms with Crippen molar-refractivity contribution in [1.29, 1.82) is 0 Å². The summed E-state index contributed by atoms with van der Waals surface area (Å²) in [6.07, 6.45) is 5.50. The zero-order valence-corrected chi connectivity index (χ0v) is 20.5. The molecule has 2 saturated heterocycles. The highest BCUT2D eigenvalue weighted by Gasteiger charge is 2.42. The lowest BCUT2D eigenvalue weighted by molar-refractivity contribution is -0.142. The van der Waals surface area contributed by atoms with Crippen molar-refractivity contribution in [2.45, 2.75) is 62.3 Å². The number of hydrogen-bond acceptors (Lipinski definition) is 8. The number of amides is 2. The molecule has 1 aromatic carbocycles. The number of Topliss-reactive ketones (excluding diaryl/α,β-unsaturated/α-hetero) is 1. The molecule has 12 heteroatoms. The Morgan fingerprint density at radius 3 is 2.69 bits per heavy atom. The molecule has 2 amide bonds. The van der Waals surface area contributed by atoms with E-state index in [9.17, 15) is 19.2 Å². The minimum atomic E-state index is -0.843. The maximum Gasteiger partial charge on any atom is 0.315 e. The molecule has 0 radical (unpaired) electrons. The molecule has 3 atom stereocenters. The van der Waals surface area contributed by atoms with Gasteiger partial charge >= 0.3 is 18.0 Å². The van der Waals surface area contributed by atoms with E-state index in [1.54, 1.807) is 35.1 Å². The van der Waals surface area contributed by atoms with E-state index in [1.807, 2.05) is 11.8 Å². The molecule has 0 spiro atoms. The van der Waals surface area contributed by atoms with Gasteiger partial charge in [-0.3, -0.25) is 14.4 Å². The normalized spacial score (nSPS) is 20.4. The number of fused-ring (bicyclic) bond motifs is 1. The van der Waals surface area contributed by atoms with Gasteiger partial charge < -0.3 is 20.5 Å². The number of carboxylic acids is 1. The van der Waals surface area contributed by atoms with Crippen molar-refractivity contribution >= 4 is 35.5 Å². The second-order valence-corrected chi connectivity index (χ2v) is 10.2. The molecule has 2 fully saturated rings. The lowest BCUT2D eigenvalue weighted by Crippen LogP contribution is -2.36. The second-order valence-electron chi connectivity index (χ2n) is 8.90. The molecule has 2 aliphatic heterocycles. The van der Waals surface area contributed by atoms with Gasteiger partial charge in [0.05, 0.1) is 29.7 Å². The number of ketones is 1. The summed E-state index contributed by atoms with van der Waals surface area (Å²) in [5.74, 6) is -0.621. The van der Waals surface area contributed by atoms with Crippen molar-refractivity contribution in [3.8, 4) is 5.69 Å². The maximum absolute atomic E-state index is 12.4. The number of aryl methyl sites for hydroxylation is 1. The number of rotatable bonds is 13. The average molecular weight is 516 g/mol. The van der Waals surface area contributed by atoms with Gasteiger partial charge in [0.15, 0.2) is 12.4 Å². The van der Waals surface area contributed by atoms with Crippen LogP contribution in [0.5, 0.6) is 0 Å². The van der Waals surface area contributed by atoms with Crippen LogP contribution < -0.4 is 10.6 Å². The molecule has 2 aromatic rings. The van der Waals surface area contributed by atoms with Crippen LogP contribution in [0.2, 0.25) is 0 Å². The van der Waals surface area contributed by atoms with Gasteiger partial charge in [0.25, 0.3) is 0 Å². The number of ether oxygens (including phenoxy) is 1. The number of benzene rings is 1. The quantitative estimate of drug-likeness (QED) is 0.158. The fourth-order valence-electron chi connectivity index (χ4n) is 4.32. The summed E-state index contributed by atoms with van der Waals surface area (Å²) >= 11 is 1.85. The Balaban J connectivity index is 1.14. The molecule has 4 rings (SSSR count). The van der Waals surface area contributed by atoms with Gasteiger partial charge in [-0.25, -0.2) is 9.48 Å². The summed E-state index contributed by atoms with van der Waals surface area (Å²) < 4.78 is 6.72. The molecule has 3 N–H and O–H groups in total. The van der Waals surface area contributed by atoms with Gasteiger partial charge in [0.2, 0.25) is 0 Å². The van der Waals surface area contributed by atoms with Crippen molar-refractivity contribution in [1.82, 2.24) is 25.6 Å². The third kappa shape index (κ3) is 6.84. The second kappa shape index (κ2) is 12.0. The average Bonchev–Trinajstić information content (AvgIpc) is 3.57. The van der Waals surface area contributed by atoms with Gasteiger partial charge in [0, 0.05) is 29.4 Å². The number of esters is 1. The van der Waals surface area contributed by atoms with E-state index in [-0.39, 0.29) is 43.3 Å². The van der Waals surface area contributed by atoms with Crippen LogP contribution in [0.15, 0.2) is 30.5 Å². The van der Waals surface area contributed by atoms with Gasteiger partial charge in [-0.2, -0.15) is 11.8 Å². The van der Waals surface area contributed by atoms with E-state index in [2.05, 4.69) is 20.9 Å². The number of thioether (sulfide) groups is 1. The summed E-state index contributed by atoms with van der Waals surface area (Å²) in [5.41, 5.74) is 1.82. The van der Waals surface area contributed by atoms with E-state index >= 15 is 0 Å². The van der Waals surface area contributed by atoms with Gasteiger partial charge in [-0.05, 0) is 49.9 Å². The first kappa shape index (κ1) is 25.7. The zero-order chi connectivity index (χ0) is 25.5. The Morgan fingerprint density at radius 2 is 1.92 bits per heavy atom. The number of carboxylic acid groups (broad SMARTS) is 1. The molecule has 0 bridgehead atoms. The number of nitrogens with zero attached hydrogens (tertiary/aromatic N) is 3. The number of unbranched alkanes of at least 4 members (excludes halogenated alkanes) is 1. The fraction of sp³-hybridized carbons (Fsp3) is 0.500. The van der Waals surface area contributed by atoms with Crippen LogP contribution >= 0.6 is 11.8 Å². The minimum Gasteiger partial charge on any atom is -0.481 e. The lowest BCUT2D eigenvalue weighted by Gasteiger charge is -2.16. The summed E-state index contributed by atoms with van der Waals surface area (Å²) in [5, 5.41) is 23.0. The summed E-state index contributed by atoms with van der Waals surface area (Å²) in [6, 6.07) is 6.98. The first-order valence-corrected chi connectivity index (χ1v) is 13.0. The van der Waals surface area contributed by atoms with E-state index < -0.39 is 11.9 Å². The number of aliphatic carboxylic acids is 1. The van der Waals surface area contributed by atoms with Gasteiger partial charge in [-0.1, -0.05) is 11.6 Å². The van der Waals surface area contributed by atoms with Crippen LogP contribution in [0.25, 0.3) is 5.69 Å². The van der Waals surface area contributed by atoms with Crippen LogP contribution in [-0.4, -0.2) is 73.5 Å². The van der Waals surface area contributed by atoms with E-state index in [0.717, 1.165) is 18.6 Å². The first-order valence-electron chi connectivity index (χ1n) is 12.0. The maximum atomic E-state index is 12.4. The summed E-state index contributed by atoms with van der Waals surface area (Å²) in [6.45, 7) is -0.310. The standard InChI is InChI=1S/C24H29N5O6S/c30-19(13-35-22(33)7-2-1-5-20-23-18(14-36-20)25-24(34)26-23)15-8-10-17(11-9-15)29-12-16(27-28-29)4-3-6-21(31)32/h8-12,18,20,23H,1-7,13-14H2,(H,31,32)(H2,25,26,34)/t18-,20?,23-/m0/s1. The summed E-state index contributed by atoms with van der Waals surface area (Å²) in [4.78, 5) is 46.5.